The Morgan fingerprint density at radius 3 is 2.14 bits per heavy atom. The minimum atomic E-state index is -1.02. The molecule has 0 saturated heterocycles. The monoisotopic (exact) mass is 581 g/mol. The van der Waals surface area contributed by atoms with Gasteiger partial charge in [0.2, 0.25) is 5.91 Å². The number of alkyl carbamates (subject to hydrolysis) is 1. The van der Waals surface area contributed by atoms with E-state index in [0.717, 1.165) is 12.0 Å². The van der Waals surface area contributed by atoms with E-state index in [0.29, 0.717) is 35.6 Å². The highest BCUT2D eigenvalue weighted by Crippen LogP contribution is 2.32. The van der Waals surface area contributed by atoms with Crippen molar-refractivity contribution in [1.29, 1.82) is 0 Å². The Bertz CT molecular complexity index is 1220. The number of benzene rings is 2. The van der Waals surface area contributed by atoms with Crippen molar-refractivity contribution in [2.45, 2.75) is 112 Å². The fraction of sp³-hybridized carbons (Fsp3) is 0.559. The van der Waals surface area contributed by atoms with Gasteiger partial charge in [-0.05, 0) is 101 Å². The van der Waals surface area contributed by atoms with E-state index in [-0.39, 0.29) is 29.5 Å². The van der Waals surface area contributed by atoms with Gasteiger partial charge in [0.15, 0.2) is 0 Å². The van der Waals surface area contributed by atoms with E-state index in [4.69, 9.17) is 4.74 Å². The van der Waals surface area contributed by atoms with Crippen molar-refractivity contribution in [2.24, 2.45) is 11.8 Å². The molecule has 0 heterocycles. The highest BCUT2D eigenvalue weighted by Gasteiger charge is 2.40. The molecule has 42 heavy (non-hydrogen) atoms. The first kappa shape index (κ1) is 34.7. The summed E-state index contributed by atoms with van der Waals surface area (Å²) in [6, 6.07) is 10.2. The molecule has 232 valence electrons. The Hall–Kier alpha value is -3.55. The largest absolute Gasteiger partial charge is 0.508 e. The number of ether oxygens (including phenoxy) is 1. The predicted molar refractivity (Wildman–Crippen MR) is 168 cm³/mol. The second kappa shape index (κ2) is 15.1. The van der Waals surface area contributed by atoms with Gasteiger partial charge in [-0.25, -0.2) is 4.79 Å². The molecule has 4 atom stereocenters. The maximum Gasteiger partial charge on any atom is 0.408 e. The van der Waals surface area contributed by atoms with Crippen LogP contribution in [0.3, 0.4) is 0 Å². The van der Waals surface area contributed by atoms with Crippen molar-refractivity contribution in [3.8, 4) is 5.75 Å². The number of nitrogens with zero attached hydrogens (tertiary/aromatic N) is 1. The lowest BCUT2D eigenvalue weighted by atomic mass is 9.92. The summed E-state index contributed by atoms with van der Waals surface area (Å²) < 4.78 is 5.52. The molecule has 0 aliphatic heterocycles. The molecule has 0 saturated carbocycles. The molecule has 0 spiro atoms. The number of phenolic OH excluding ortho intramolecular Hbond substituents is 1. The molecule has 0 aliphatic rings. The highest BCUT2D eigenvalue weighted by atomic mass is 16.6. The van der Waals surface area contributed by atoms with Crippen LogP contribution in [0.25, 0.3) is 0 Å². The molecule has 0 aliphatic carbocycles. The Kier molecular flexibility index (Phi) is 12.4. The van der Waals surface area contributed by atoms with Gasteiger partial charge < -0.3 is 25.4 Å². The van der Waals surface area contributed by atoms with Gasteiger partial charge >= 0.3 is 6.09 Å². The number of phenols is 1. The second-order valence-corrected chi connectivity index (χ2v) is 12.8. The Morgan fingerprint density at radius 2 is 1.60 bits per heavy atom. The highest BCUT2D eigenvalue weighted by molar-refractivity contribution is 5.99. The minimum Gasteiger partial charge on any atom is -0.508 e. The van der Waals surface area contributed by atoms with Crippen molar-refractivity contribution in [1.82, 2.24) is 10.2 Å². The van der Waals surface area contributed by atoms with Crippen LogP contribution < -0.4 is 10.6 Å². The molecular formula is C34H51N3O5. The number of amides is 3. The quantitative estimate of drug-likeness (QED) is 0.244. The SMILES string of the molecule is CCC(C)C(NC(=O)OC(C)(C)C)C(=O)N(C(C)CCC(C)C)C(C(=O)Nc1ccccc1C)c1ccc(O)c(C)c1. The zero-order valence-corrected chi connectivity index (χ0v) is 27.1. The zero-order valence-electron chi connectivity index (χ0n) is 27.1. The number of aryl methyl sites for hydroxylation is 2. The number of hydrogen-bond donors (Lipinski definition) is 3. The van der Waals surface area contributed by atoms with Crippen LogP contribution in [-0.2, 0) is 14.3 Å². The molecule has 4 unspecified atom stereocenters. The Balaban J connectivity index is 2.70. The van der Waals surface area contributed by atoms with E-state index < -0.39 is 23.8 Å². The molecular weight excluding hydrogens is 530 g/mol. The normalized spacial score (nSPS) is 14.5. The summed E-state index contributed by atoms with van der Waals surface area (Å²) in [4.78, 5) is 43.4. The van der Waals surface area contributed by atoms with Gasteiger partial charge in [0.25, 0.3) is 5.91 Å². The predicted octanol–water partition coefficient (Wildman–Crippen LogP) is 7.28. The molecule has 0 radical (unpaired) electrons. The number of para-hydroxylation sites is 1. The zero-order chi connectivity index (χ0) is 31.8. The van der Waals surface area contributed by atoms with Crippen LogP contribution in [-0.4, -0.2) is 45.6 Å². The van der Waals surface area contributed by atoms with Gasteiger partial charge in [-0.15, -0.1) is 0 Å². The maximum atomic E-state index is 14.6. The third-order valence-electron chi connectivity index (χ3n) is 7.51. The summed E-state index contributed by atoms with van der Waals surface area (Å²) in [7, 11) is 0. The maximum absolute atomic E-state index is 14.6. The minimum absolute atomic E-state index is 0.103. The standard InChI is InChI=1S/C34H51N3O5/c1-11-22(4)29(36-33(41)42-34(8,9)10)32(40)37(25(7)17-16-21(2)3)30(26-18-19-28(38)24(6)20-26)31(39)35-27-15-13-12-14-23(27)5/h12-15,18-22,25,29-30,38H,11,16-17H2,1-10H3,(H,35,39)(H,36,41). The number of hydrogen-bond acceptors (Lipinski definition) is 5. The number of aromatic hydroxyl groups is 1. The number of rotatable bonds is 12. The van der Waals surface area contributed by atoms with Crippen LogP contribution >= 0.6 is 0 Å². The van der Waals surface area contributed by atoms with Gasteiger partial charge in [0.05, 0.1) is 0 Å². The smallest absolute Gasteiger partial charge is 0.408 e. The molecule has 0 bridgehead atoms. The van der Waals surface area contributed by atoms with E-state index in [2.05, 4.69) is 24.5 Å². The van der Waals surface area contributed by atoms with E-state index in [1.54, 1.807) is 50.8 Å². The summed E-state index contributed by atoms with van der Waals surface area (Å²) in [5.74, 6) is -0.468. The van der Waals surface area contributed by atoms with Crippen molar-refractivity contribution in [3.05, 3.63) is 59.2 Å². The van der Waals surface area contributed by atoms with Gasteiger partial charge in [-0.3, -0.25) is 9.59 Å². The van der Waals surface area contributed by atoms with Crippen LogP contribution in [0.5, 0.6) is 5.75 Å². The number of carbonyl (C=O) groups excluding carboxylic acids is 3. The van der Waals surface area contributed by atoms with Gasteiger partial charge in [0.1, 0.15) is 23.4 Å². The molecule has 2 aromatic carbocycles. The van der Waals surface area contributed by atoms with Crippen LogP contribution in [0.2, 0.25) is 0 Å². The number of nitrogens with one attached hydrogen (secondary N) is 2. The van der Waals surface area contributed by atoms with Gasteiger partial charge in [-0.1, -0.05) is 58.4 Å². The van der Waals surface area contributed by atoms with E-state index >= 15 is 0 Å². The fourth-order valence-corrected chi connectivity index (χ4v) is 4.79. The Labute approximate surface area is 252 Å². The molecule has 2 aromatic rings. The van der Waals surface area contributed by atoms with E-state index in [1.165, 1.54) is 0 Å². The molecule has 2 rings (SSSR count). The van der Waals surface area contributed by atoms with Crippen LogP contribution in [0.4, 0.5) is 10.5 Å². The first-order chi connectivity index (χ1) is 19.5. The lowest BCUT2D eigenvalue weighted by molar-refractivity contribution is -0.144. The lowest BCUT2D eigenvalue weighted by Crippen LogP contribution is -2.57. The first-order valence-electron chi connectivity index (χ1n) is 15.0. The van der Waals surface area contributed by atoms with Crippen molar-refractivity contribution < 1.29 is 24.2 Å². The number of anilines is 1. The third-order valence-corrected chi connectivity index (χ3v) is 7.51. The lowest BCUT2D eigenvalue weighted by Gasteiger charge is -2.40. The molecule has 8 nitrogen and oxygen atoms in total. The molecule has 3 N–H and O–H groups in total. The van der Waals surface area contributed by atoms with Gasteiger partial charge in [-0.2, -0.15) is 0 Å². The molecule has 0 aromatic heterocycles. The Morgan fingerprint density at radius 1 is 0.952 bits per heavy atom. The molecule has 8 heteroatoms. The first-order valence-corrected chi connectivity index (χ1v) is 15.0. The topological polar surface area (TPSA) is 108 Å². The van der Waals surface area contributed by atoms with E-state index in [1.807, 2.05) is 52.0 Å². The van der Waals surface area contributed by atoms with Crippen molar-refractivity contribution in [3.63, 3.8) is 0 Å². The summed E-state index contributed by atoms with van der Waals surface area (Å²) in [5, 5.41) is 16.1. The summed E-state index contributed by atoms with van der Waals surface area (Å²) in [5.41, 5.74) is 1.96. The average Bonchev–Trinajstić information content (AvgIpc) is 2.90. The third kappa shape index (κ3) is 9.78. The van der Waals surface area contributed by atoms with Gasteiger partial charge in [0, 0.05) is 11.7 Å². The second-order valence-electron chi connectivity index (χ2n) is 12.8. The number of carbonyl (C=O) groups is 3. The van der Waals surface area contributed by atoms with E-state index in [9.17, 15) is 19.5 Å². The fourth-order valence-electron chi connectivity index (χ4n) is 4.79. The molecule has 0 fully saturated rings. The summed E-state index contributed by atoms with van der Waals surface area (Å²) in [6.45, 7) is 19.0. The average molecular weight is 582 g/mol. The van der Waals surface area contributed by atoms with Crippen molar-refractivity contribution >= 4 is 23.6 Å². The summed E-state index contributed by atoms with van der Waals surface area (Å²) >= 11 is 0. The molecule has 3 amide bonds. The van der Waals surface area contributed by atoms with Crippen LogP contribution in [0.1, 0.15) is 97.4 Å². The van der Waals surface area contributed by atoms with Crippen LogP contribution in [0.15, 0.2) is 42.5 Å². The van der Waals surface area contributed by atoms with Crippen molar-refractivity contribution in [2.75, 3.05) is 5.32 Å². The summed E-state index contributed by atoms with van der Waals surface area (Å²) in [6.07, 6.45) is 1.45. The van der Waals surface area contributed by atoms with Crippen LogP contribution in [0, 0.1) is 25.7 Å².